The minimum absolute atomic E-state index is 0.101. The van der Waals surface area contributed by atoms with Gasteiger partial charge in [-0.3, -0.25) is 4.90 Å². The molecule has 0 bridgehead atoms. The number of hydrogen-bond acceptors (Lipinski definition) is 4. The van der Waals surface area contributed by atoms with Crippen LogP contribution in [-0.4, -0.2) is 43.1 Å². The summed E-state index contributed by atoms with van der Waals surface area (Å²) in [6, 6.07) is 23.7. The van der Waals surface area contributed by atoms with E-state index in [4.69, 9.17) is 14.7 Å². The van der Waals surface area contributed by atoms with Gasteiger partial charge in [0.15, 0.2) is 0 Å². The van der Waals surface area contributed by atoms with Crippen molar-refractivity contribution in [3.05, 3.63) is 84.6 Å². The predicted octanol–water partition coefficient (Wildman–Crippen LogP) is 9.90. The van der Waals surface area contributed by atoms with Crippen molar-refractivity contribution in [1.82, 2.24) is 24.8 Å². The number of fused-ring (bicyclic) bond motifs is 1. The molecule has 7 rings (SSSR count). The summed E-state index contributed by atoms with van der Waals surface area (Å²) in [4.78, 5) is 31.5. The number of carbonyl (C=O) groups is 1. The number of rotatable bonds is 5. The molecule has 1 saturated carbocycles. The Bertz CT molecular complexity index is 1830. The van der Waals surface area contributed by atoms with Gasteiger partial charge in [-0.25, -0.2) is 14.8 Å². The van der Waals surface area contributed by atoms with Crippen molar-refractivity contribution in [2.75, 3.05) is 6.54 Å². The summed E-state index contributed by atoms with van der Waals surface area (Å²) >= 11 is 0. The third kappa shape index (κ3) is 6.20. The highest BCUT2D eigenvalue weighted by molar-refractivity contribution is 5.83. The van der Waals surface area contributed by atoms with E-state index in [9.17, 15) is 4.79 Å². The zero-order valence-corrected chi connectivity index (χ0v) is 27.6. The van der Waals surface area contributed by atoms with Gasteiger partial charge in [0, 0.05) is 12.5 Å². The molecular weight excluding hydrogens is 570 g/mol. The molecule has 3 aromatic carbocycles. The molecule has 1 aliphatic heterocycles. The Morgan fingerprint density at radius 1 is 0.826 bits per heavy atom. The number of benzene rings is 3. The minimum atomic E-state index is -0.525. The number of ether oxygens (including phenoxy) is 1. The van der Waals surface area contributed by atoms with Crippen LogP contribution in [0.2, 0.25) is 0 Å². The lowest BCUT2D eigenvalue weighted by atomic mass is 9.75. The molecule has 7 nitrogen and oxygen atoms in total. The van der Waals surface area contributed by atoms with Crippen LogP contribution >= 0.6 is 0 Å². The maximum absolute atomic E-state index is 12.8. The third-order valence-electron chi connectivity index (χ3n) is 9.85. The van der Waals surface area contributed by atoms with Crippen molar-refractivity contribution < 1.29 is 9.53 Å². The van der Waals surface area contributed by atoms with Crippen molar-refractivity contribution in [2.24, 2.45) is 11.8 Å². The van der Waals surface area contributed by atoms with Gasteiger partial charge in [0.1, 0.15) is 17.2 Å². The first-order valence-corrected chi connectivity index (χ1v) is 16.9. The molecule has 238 valence electrons. The van der Waals surface area contributed by atoms with E-state index in [-0.39, 0.29) is 12.1 Å². The molecule has 0 radical (unpaired) electrons. The van der Waals surface area contributed by atoms with Crippen molar-refractivity contribution >= 4 is 17.1 Å². The van der Waals surface area contributed by atoms with Crippen LogP contribution in [0.5, 0.6) is 0 Å². The lowest BCUT2D eigenvalue weighted by molar-refractivity contribution is 0.0219. The van der Waals surface area contributed by atoms with Crippen molar-refractivity contribution in [3.63, 3.8) is 0 Å². The van der Waals surface area contributed by atoms with Gasteiger partial charge in [0.25, 0.3) is 0 Å². The molecule has 46 heavy (non-hydrogen) atoms. The molecule has 5 aromatic rings. The molecule has 1 amide bonds. The second-order valence-electron chi connectivity index (χ2n) is 14.5. The summed E-state index contributed by atoms with van der Waals surface area (Å²) in [5, 5.41) is 0. The van der Waals surface area contributed by atoms with Crippen molar-refractivity contribution in [2.45, 2.75) is 84.3 Å². The topological polar surface area (TPSA) is 86.9 Å². The number of nitrogens with zero attached hydrogens (tertiary/aromatic N) is 3. The first-order chi connectivity index (χ1) is 22.1. The lowest BCUT2D eigenvalue weighted by Crippen LogP contribution is -2.36. The van der Waals surface area contributed by atoms with Crippen LogP contribution in [0.15, 0.2) is 72.9 Å². The Hall–Kier alpha value is -4.39. The first kappa shape index (κ1) is 30.3. The van der Waals surface area contributed by atoms with E-state index < -0.39 is 5.60 Å². The number of nitrogens with one attached hydrogen (secondary N) is 2. The van der Waals surface area contributed by atoms with Gasteiger partial charge in [-0.2, -0.15) is 0 Å². The number of carbonyl (C=O) groups excluding carboxylic acids is 1. The van der Waals surface area contributed by atoms with Crippen LogP contribution in [0, 0.1) is 11.8 Å². The molecule has 1 saturated heterocycles. The second-order valence-corrected chi connectivity index (χ2v) is 14.5. The van der Waals surface area contributed by atoms with Gasteiger partial charge in [-0.05, 0) is 98.2 Å². The molecule has 7 heteroatoms. The Morgan fingerprint density at radius 2 is 1.48 bits per heavy atom. The fourth-order valence-electron chi connectivity index (χ4n) is 7.24. The van der Waals surface area contributed by atoms with E-state index in [1.54, 1.807) is 4.90 Å². The number of amides is 1. The first-order valence-electron chi connectivity index (χ1n) is 16.9. The maximum Gasteiger partial charge on any atom is 0.410 e. The van der Waals surface area contributed by atoms with E-state index in [2.05, 4.69) is 90.5 Å². The predicted molar refractivity (Wildman–Crippen MR) is 184 cm³/mol. The Morgan fingerprint density at radius 3 is 2.17 bits per heavy atom. The maximum atomic E-state index is 12.8. The quantitative estimate of drug-likeness (QED) is 0.206. The van der Waals surface area contributed by atoms with Crippen LogP contribution in [0.1, 0.15) is 90.3 Å². The molecule has 3 heterocycles. The number of imidazole rings is 2. The molecule has 1 aliphatic carbocycles. The standard InChI is InChI=1S/C39H45N5O2/c1-24-8-9-25(2)31(21-24)36-40-23-34(43-36)29-16-14-27(15-17-29)26-10-12-28(13-11-26)30-18-19-32-33(22-30)42-37(41-32)35-7-6-20-44(35)38(45)46-39(3,4)5/h10-19,22-25,31,35H,6-9,20-21H2,1-5H3,(H,40,43)(H,41,42)/t24-,25+,31-,35-/m0/s1. The van der Waals surface area contributed by atoms with Crippen molar-refractivity contribution in [1.29, 1.82) is 0 Å². The second kappa shape index (κ2) is 12.1. The van der Waals surface area contributed by atoms with Crippen LogP contribution < -0.4 is 0 Å². The van der Waals surface area contributed by atoms with Crippen LogP contribution in [0.25, 0.3) is 44.5 Å². The fraction of sp³-hybridized carbons (Fsp3) is 0.410. The van der Waals surface area contributed by atoms with Crippen LogP contribution in [-0.2, 0) is 4.74 Å². The monoisotopic (exact) mass is 615 g/mol. The molecule has 2 N–H and O–H groups in total. The molecule has 2 aliphatic rings. The smallest absolute Gasteiger partial charge is 0.410 e. The van der Waals surface area contributed by atoms with Gasteiger partial charge in [-0.15, -0.1) is 0 Å². The van der Waals surface area contributed by atoms with Crippen molar-refractivity contribution in [3.8, 4) is 33.5 Å². The van der Waals surface area contributed by atoms with E-state index in [1.807, 2.05) is 27.0 Å². The molecule has 0 spiro atoms. The Labute approximate surface area is 271 Å². The van der Waals surface area contributed by atoms with Gasteiger partial charge in [-0.1, -0.05) is 74.9 Å². The molecule has 0 unspecified atom stereocenters. The van der Waals surface area contributed by atoms with Gasteiger partial charge in [0.2, 0.25) is 0 Å². The summed E-state index contributed by atoms with van der Waals surface area (Å²) < 4.78 is 5.66. The van der Waals surface area contributed by atoms with E-state index in [0.717, 1.165) is 63.8 Å². The molecular formula is C39H45N5O2. The fourth-order valence-corrected chi connectivity index (χ4v) is 7.24. The highest BCUT2D eigenvalue weighted by Crippen LogP contribution is 2.40. The summed E-state index contributed by atoms with van der Waals surface area (Å²) in [6.07, 6.45) is 7.35. The van der Waals surface area contributed by atoms with Crippen LogP contribution in [0.4, 0.5) is 4.79 Å². The summed E-state index contributed by atoms with van der Waals surface area (Å²) in [6.45, 7) is 11.1. The summed E-state index contributed by atoms with van der Waals surface area (Å²) in [7, 11) is 0. The van der Waals surface area contributed by atoms with Gasteiger partial charge in [0.05, 0.1) is 29.0 Å². The molecule has 2 fully saturated rings. The number of likely N-dealkylation sites (tertiary alicyclic amines) is 1. The van der Waals surface area contributed by atoms with E-state index >= 15 is 0 Å². The van der Waals surface area contributed by atoms with E-state index in [1.165, 1.54) is 30.4 Å². The Kier molecular flexibility index (Phi) is 7.95. The molecule has 4 atom stereocenters. The third-order valence-corrected chi connectivity index (χ3v) is 9.85. The SMILES string of the molecule is C[C@H]1CC[C@@H](C)[C@@H](c2ncc(-c3ccc(-c4ccc(-c5ccc6nc([C@@H]7CCCN7C(=O)OC(C)(C)C)[nH]c6c5)cc4)cc3)[nH]2)C1. The highest BCUT2D eigenvalue weighted by Gasteiger charge is 2.35. The van der Waals surface area contributed by atoms with Crippen LogP contribution in [0.3, 0.4) is 0 Å². The number of hydrogen-bond donors (Lipinski definition) is 2. The number of aromatic amines is 2. The zero-order chi connectivity index (χ0) is 32.0. The molecule has 2 aromatic heterocycles. The summed E-state index contributed by atoms with van der Waals surface area (Å²) in [5.41, 5.74) is 8.23. The average Bonchev–Trinajstić information content (AvgIpc) is 3.81. The minimum Gasteiger partial charge on any atom is -0.444 e. The normalized spacial score (nSPS) is 22.0. The van der Waals surface area contributed by atoms with Gasteiger partial charge < -0.3 is 14.7 Å². The zero-order valence-electron chi connectivity index (χ0n) is 27.6. The van der Waals surface area contributed by atoms with E-state index in [0.29, 0.717) is 18.4 Å². The number of aromatic nitrogens is 4. The Balaban J connectivity index is 1.05. The van der Waals surface area contributed by atoms with Gasteiger partial charge >= 0.3 is 6.09 Å². The average molecular weight is 616 g/mol. The lowest BCUT2D eigenvalue weighted by Gasteiger charge is -2.31. The summed E-state index contributed by atoms with van der Waals surface area (Å²) in [5.74, 6) is 3.92. The number of H-pyrrole nitrogens is 2. The highest BCUT2D eigenvalue weighted by atomic mass is 16.6. The largest absolute Gasteiger partial charge is 0.444 e.